The molecule has 1 heterocycles. The molecule has 0 bridgehead atoms. The fraction of sp³-hybridized carbons (Fsp3) is 0.625. The standard InChI is InChI=1S/C16H24N2O/c1-13-4-5-15(18-8-10-19-11-9-18)14(12-13)16(17)6-2-3-7-16/h4-5,12H,2-3,6-11,17H2,1H3. The summed E-state index contributed by atoms with van der Waals surface area (Å²) in [5.74, 6) is 0. The van der Waals surface area contributed by atoms with E-state index in [-0.39, 0.29) is 5.54 Å². The van der Waals surface area contributed by atoms with Crippen molar-refractivity contribution in [3.05, 3.63) is 29.3 Å². The highest BCUT2D eigenvalue weighted by molar-refractivity contribution is 5.58. The van der Waals surface area contributed by atoms with E-state index in [9.17, 15) is 0 Å². The molecular formula is C16H24N2O. The molecule has 2 aliphatic rings. The van der Waals surface area contributed by atoms with Crippen LogP contribution in [0.15, 0.2) is 18.2 Å². The Balaban J connectivity index is 1.98. The molecule has 19 heavy (non-hydrogen) atoms. The Morgan fingerprint density at radius 2 is 1.84 bits per heavy atom. The Kier molecular flexibility index (Phi) is 3.50. The molecule has 3 rings (SSSR count). The minimum absolute atomic E-state index is 0.111. The number of aryl methyl sites for hydroxylation is 1. The van der Waals surface area contributed by atoms with E-state index < -0.39 is 0 Å². The first-order chi connectivity index (χ1) is 9.19. The van der Waals surface area contributed by atoms with Gasteiger partial charge in [-0.3, -0.25) is 0 Å². The highest BCUT2D eigenvalue weighted by Gasteiger charge is 2.34. The number of hydrogen-bond donors (Lipinski definition) is 1. The van der Waals surface area contributed by atoms with Crippen LogP contribution in [0.25, 0.3) is 0 Å². The SMILES string of the molecule is Cc1ccc(N2CCOCC2)c(C2(N)CCCC2)c1. The second-order valence-corrected chi connectivity index (χ2v) is 5.98. The third-order valence-electron chi connectivity index (χ3n) is 4.54. The van der Waals surface area contributed by atoms with Crippen molar-refractivity contribution in [2.45, 2.75) is 38.1 Å². The van der Waals surface area contributed by atoms with Gasteiger partial charge >= 0.3 is 0 Å². The number of nitrogens with two attached hydrogens (primary N) is 1. The summed E-state index contributed by atoms with van der Waals surface area (Å²) in [5, 5.41) is 0. The second kappa shape index (κ2) is 5.14. The molecule has 1 aromatic rings. The molecule has 0 atom stereocenters. The number of ether oxygens (including phenoxy) is 1. The smallest absolute Gasteiger partial charge is 0.0642 e. The normalized spacial score (nSPS) is 22.7. The Morgan fingerprint density at radius 1 is 1.16 bits per heavy atom. The number of nitrogens with zero attached hydrogens (tertiary/aromatic N) is 1. The molecule has 0 unspecified atom stereocenters. The van der Waals surface area contributed by atoms with Crippen LogP contribution in [0.5, 0.6) is 0 Å². The van der Waals surface area contributed by atoms with Crippen LogP contribution in [0.1, 0.15) is 36.8 Å². The predicted molar refractivity (Wildman–Crippen MR) is 78.5 cm³/mol. The Labute approximate surface area is 115 Å². The van der Waals surface area contributed by atoms with E-state index in [2.05, 4.69) is 30.0 Å². The largest absolute Gasteiger partial charge is 0.378 e. The van der Waals surface area contributed by atoms with Gasteiger partial charge in [0.25, 0.3) is 0 Å². The van der Waals surface area contributed by atoms with Crippen LogP contribution >= 0.6 is 0 Å². The van der Waals surface area contributed by atoms with E-state index in [0.29, 0.717) is 0 Å². The van der Waals surface area contributed by atoms with Crippen molar-refractivity contribution < 1.29 is 4.74 Å². The average Bonchev–Trinajstić information content (AvgIpc) is 2.88. The molecule has 0 spiro atoms. The Morgan fingerprint density at radius 3 is 2.53 bits per heavy atom. The summed E-state index contributed by atoms with van der Waals surface area (Å²) in [6, 6.07) is 6.76. The molecular weight excluding hydrogens is 236 g/mol. The van der Waals surface area contributed by atoms with Crippen molar-refractivity contribution in [2.75, 3.05) is 31.2 Å². The van der Waals surface area contributed by atoms with E-state index in [0.717, 1.165) is 39.1 Å². The summed E-state index contributed by atoms with van der Waals surface area (Å²) in [4.78, 5) is 2.44. The number of anilines is 1. The van der Waals surface area contributed by atoms with Crippen LogP contribution < -0.4 is 10.6 Å². The summed E-state index contributed by atoms with van der Waals surface area (Å²) in [6.45, 7) is 5.76. The Bertz CT molecular complexity index is 446. The molecule has 0 aromatic heterocycles. The van der Waals surface area contributed by atoms with E-state index in [4.69, 9.17) is 10.5 Å². The maximum atomic E-state index is 6.70. The van der Waals surface area contributed by atoms with Crippen molar-refractivity contribution in [1.29, 1.82) is 0 Å². The van der Waals surface area contributed by atoms with Gasteiger partial charge < -0.3 is 15.4 Å². The average molecular weight is 260 g/mol. The first-order valence-electron chi connectivity index (χ1n) is 7.42. The molecule has 2 N–H and O–H groups in total. The molecule has 2 fully saturated rings. The molecule has 1 aliphatic carbocycles. The summed E-state index contributed by atoms with van der Waals surface area (Å²) < 4.78 is 5.46. The molecule has 3 nitrogen and oxygen atoms in total. The lowest BCUT2D eigenvalue weighted by molar-refractivity contribution is 0.122. The lowest BCUT2D eigenvalue weighted by Crippen LogP contribution is -2.40. The zero-order chi connectivity index (χ0) is 13.3. The molecule has 104 valence electrons. The lowest BCUT2D eigenvalue weighted by Gasteiger charge is -2.35. The fourth-order valence-corrected chi connectivity index (χ4v) is 3.40. The van der Waals surface area contributed by atoms with Gasteiger partial charge in [0.05, 0.1) is 13.2 Å². The van der Waals surface area contributed by atoms with Gasteiger partial charge in [0.2, 0.25) is 0 Å². The van der Waals surface area contributed by atoms with Crippen LogP contribution in [0.4, 0.5) is 5.69 Å². The van der Waals surface area contributed by atoms with E-state index in [1.807, 2.05) is 0 Å². The van der Waals surface area contributed by atoms with Gasteiger partial charge in [0.15, 0.2) is 0 Å². The Hall–Kier alpha value is -1.06. The summed E-state index contributed by atoms with van der Waals surface area (Å²) in [6.07, 6.45) is 4.75. The molecule has 1 aliphatic heterocycles. The highest BCUT2D eigenvalue weighted by atomic mass is 16.5. The molecule has 1 saturated carbocycles. The minimum Gasteiger partial charge on any atom is -0.378 e. The first-order valence-corrected chi connectivity index (χ1v) is 7.42. The van der Waals surface area contributed by atoms with E-state index in [1.165, 1.54) is 29.7 Å². The minimum atomic E-state index is -0.111. The van der Waals surface area contributed by atoms with Gasteiger partial charge in [-0.1, -0.05) is 30.5 Å². The quantitative estimate of drug-likeness (QED) is 0.888. The monoisotopic (exact) mass is 260 g/mol. The maximum absolute atomic E-state index is 6.70. The number of rotatable bonds is 2. The third kappa shape index (κ3) is 2.49. The van der Waals surface area contributed by atoms with Crippen LogP contribution in [0, 0.1) is 6.92 Å². The number of hydrogen-bond acceptors (Lipinski definition) is 3. The van der Waals surface area contributed by atoms with Crippen molar-refractivity contribution in [2.24, 2.45) is 5.73 Å². The van der Waals surface area contributed by atoms with Crippen molar-refractivity contribution in [3.8, 4) is 0 Å². The summed E-state index contributed by atoms with van der Waals surface area (Å²) >= 11 is 0. The van der Waals surface area contributed by atoms with E-state index >= 15 is 0 Å². The molecule has 0 amide bonds. The zero-order valence-corrected chi connectivity index (χ0v) is 11.8. The predicted octanol–water partition coefficient (Wildman–Crippen LogP) is 2.56. The highest BCUT2D eigenvalue weighted by Crippen LogP contribution is 2.41. The van der Waals surface area contributed by atoms with Gasteiger partial charge in [0.1, 0.15) is 0 Å². The van der Waals surface area contributed by atoms with Gasteiger partial charge in [-0.15, -0.1) is 0 Å². The maximum Gasteiger partial charge on any atom is 0.0642 e. The van der Waals surface area contributed by atoms with Crippen molar-refractivity contribution >= 4 is 5.69 Å². The van der Waals surface area contributed by atoms with Crippen molar-refractivity contribution in [3.63, 3.8) is 0 Å². The third-order valence-corrected chi connectivity index (χ3v) is 4.54. The van der Waals surface area contributed by atoms with E-state index in [1.54, 1.807) is 0 Å². The van der Waals surface area contributed by atoms with Crippen molar-refractivity contribution in [1.82, 2.24) is 0 Å². The topological polar surface area (TPSA) is 38.5 Å². The van der Waals surface area contributed by atoms with Crippen LogP contribution in [-0.4, -0.2) is 26.3 Å². The summed E-state index contributed by atoms with van der Waals surface area (Å²) in [5.41, 5.74) is 10.6. The number of morpholine rings is 1. The molecule has 1 aromatic carbocycles. The van der Waals surface area contributed by atoms with Gasteiger partial charge in [0, 0.05) is 24.3 Å². The van der Waals surface area contributed by atoms with Crippen LogP contribution in [0.3, 0.4) is 0 Å². The molecule has 3 heteroatoms. The summed E-state index contributed by atoms with van der Waals surface area (Å²) in [7, 11) is 0. The zero-order valence-electron chi connectivity index (χ0n) is 11.8. The first kappa shape index (κ1) is 12.9. The number of benzene rings is 1. The second-order valence-electron chi connectivity index (χ2n) is 5.98. The molecule has 0 radical (unpaired) electrons. The lowest BCUT2D eigenvalue weighted by atomic mass is 9.86. The van der Waals surface area contributed by atoms with Gasteiger partial charge in [-0.2, -0.15) is 0 Å². The fourth-order valence-electron chi connectivity index (χ4n) is 3.40. The van der Waals surface area contributed by atoms with Crippen LogP contribution in [0.2, 0.25) is 0 Å². The van der Waals surface area contributed by atoms with Crippen LogP contribution in [-0.2, 0) is 10.3 Å². The van der Waals surface area contributed by atoms with Gasteiger partial charge in [-0.25, -0.2) is 0 Å². The molecule has 1 saturated heterocycles. The van der Waals surface area contributed by atoms with Gasteiger partial charge in [-0.05, 0) is 31.4 Å².